The van der Waals surface area contributed by atoms with Gasteiger partial charge in [0.25, 0.3) is 0 Å². The second-order valence-electron chi connectivity index (χ2n) is 12.5. The predicted octanol–water partition coefficient (Wildman–Crippen LogP) is 6.70. The number of rotatable bonds is 21. The van der Waals surface area contributed by atoms with Crippen LogP contribution in [-0.4, -0.2) is 42.1 Å². The van der Waals surface area contributed by atoms with Gasteiger partial charge in [0.15, 0.2) is 0 Å². The molecule has 0 saturated heterocycles. The van der Waals surface area contributed by atoms with E-state index in [-0.39, 0.29) is 43.8 Å². The zero-order valence-corrected chi connectivity index (χ0v) is 29.0. The van der Waals surface area contributed by atoms with Crippen LogP contribution in [0.15, 0.2) is 141 Å². The molecule has 0 saturated carbocycles. The van der Waals surface area contributed by atoms with Crippen molar-refractivity contribution in [2.24, 2.45) is 11.8 Å². The molecule has 0 aromatic heterocycles. The van der Waals surface area contributed by atoms with Gasteiger partial charge in [0.05, 0.1) is 31.0 Å². The fourth-order valence-corrected chi connectivity index (χ4v) is 5.74. The fourth-order valence-electron chi connectivity index (χ4n) is 5.74. The summed E-state index contributed by atoms with van der Waals surface area (Å²) in [6, 6.07) is 35.9. The molecule has 3 N–H and O–H groups in total. The van der Waals surface area contributed by atoms with E-state index in [0.29, 0.717) is 25.9 Å². The van der Waals surface area contributed by atoms with Crippen LogP contribution in [0.5, 0.6) is 5.75 Å². The van der Waals surface area contributed by atoms with Crippen molar-refractivity contribution in [2.75, 3.05) is 13.2 Å². The summed E-state index contributed by atoms with van der Waals surface area (Å²) in [5.74, 6) is -1.53. The van der Waals surface area contributed by atoms with Crippen molar-refractivity contribution in [1.82, 2.24) is 10.6 Å². The Morgan fingerprint density at radius 3 is 1.88 bits per heavy atom. The summed E-state index contributed by atoms with van der Waals surface area (Å²) in [7, 11) is 0. The lowest BCUT2D eigenvalue weighted by molar-refractivity contribution is -0.154. The molecule has 4 rings (SSSR count). The maximum Gasteiger partial charge on any atom is 0.310 e. The number of esters is 1. The van der Waals surface area contributed by atoms with Crippen molar-refractivity contribution < 1.29 is 29.0 Å². The maximum atomic E-state index is 13.4. The van der Waals surface area contributed by atoms with Gasteiger partial charge in [-0.2, -0.15) is 0 Å². The van der Waals surface area contributed by atoms with Crippen LogP contribution in [0.25, 0.3) is 0 Å². The molecule has 0 unspecified atom stereocenters. The number of benzene rings is 4. The van der Waals surface area contributed by atoms with Gasteiger partial charge in [0.2, 0.25) is 11.8 Å². The van der Waals surface area contributed by atoms with Crippen molar-refractivity contribution in [2.45, 2.75) is 50.9 Å². The summed E-state index contributed by atoms with van der Waals surface area (Å²) in [6.07, 6.45) is 4.08. The lowest BCUT2D eigenvalue weighted by Gasteiger charge is -2.24. The highest BCUT2D eigenvalue weighted by molar-refractivity contribution is 5.86. The molecule has 2 amide bonds. The van der Waals surface area contributed by atoms with E-state index in [1.54, 1.807) is 12.2 Å². The van der Waals surface area contributed by atoms with Gasteiger partial charge >= 0.3 is 5.97 Å². The monoisotopic (exact) mass is 688 g/mol. The molecule has 0 radical (unpaired) electrons. The zero-order valence-electron chi connectivity index (χ0n) is 29.0. The summed E-state index contributed by atoms with van der Waals surface area (Å²) < 4.78 is 11.9. The Kier molecular flexibility index (Phi) is 15.7. The molecule has 0 aliphatic rings. The van der Waals surface area contributed by atoms with E-state index in [2.05, 4.69) is 23.8 Å². The number of allylic oxidation sites excluding steroid dienone is 2. The molecule has 0 heterocycles. The first-order valence-corrected chi connectivity index (χ1v) is 17.3. The van der Waals surface area contributed by atoms with Gasteiger partial charge in [0, 0.05) is 6.42 Å². The minimum atomic E-state index is -0.738. The number of carbonyl (C=O) groups is 3. The molecule has 0 aliphatic carbocycles. The number of hydrogen-bond donors (Lipinski definition) is 3. The number of aliphatic hydroxyl groups is 1. The topological polar surface area (TPSA) is 114 Å². The van der Waals surface area contributed by atoms with E-state index in [0.717, 1.165) is 28.0 Å². The summed E-state index contributed by atoms with van der Waals surface area (Å²) in [5, 5.41) is 15.8. The minimum Gasteiger partial charge on any atom is -0.489 e. The second-order valence-corrected chi connectivity index (χ2v) is 12.5. The predicted molar refractivity (Wildman–Crippen MR) is 200 cm³/mol. The molecular formula is C43H48N2O6. The van der Waals surface area contributed by atoms with Crippen molar-refractivity contribution in [3.8, 4) is 5.75 Å². The number of carbonyl (C=O) groups excluding carboxylic acids is 3. The van der Waals surface area contributed by atoms with Gasteiger partial charge in [-0.25, -0.2) is 0 Å². The summed E-state index contributed by atoms with van der Waals surface area (Å²) >= 11 is 0. The van der Waals surface area contributed by atoms with Crippen LogP contribution in [0.3, 0.4) is 0 Å². The Balaban J connectivity index is 1.32. The lowest BCUT2D eigenvalue weighted by atomic mass is 9.96. The highest BCUT2D eigenvalue weighted by Crippen LogP contribution is 2.23. The number of hydrogen-bond acceptors (Lipinski definition) is 6. The van der Waals surface area contributed by atoms with E-state index >= 15 is 0 Å². The fraction of sp³-hybridized carbons (Fsp3) is 0.279. The van der Waals surface area contributed by atoms with Crippen LogP contribution in [0.2, 0.25) is 0 Å². The number of nitrogens with one attached hydrogen (secondary N) is 2. The molecule has 8 nitrogen and oxygen atoms in total. The van der Waals surface area contributed by atoms with Gasteiger partial charge in [-0.15, -0.1) is 13.2 Å². The largest absolute Gasteiger partial charge is 0.489 e. The molecular weight excluding hydrogens is 640 g/mol. The molecule has 4 aromatic rings. The van der Waals surface area contributed by atoms with Crippen molar-refractivity contribution >= 4 is 17.8 Å². The van der Waals surface area contributed by atoms with Crippen molar-refractivity contribution in [1.29, 1.82) is 0 Å². The number of ether oxygens (including phenoxy) is 2. The van der Waals surface area contributed by atoms with Crippen LogP contribution in [0, 0.1) is 11.8 Å². The smallest absolute Gasteiger partial charge is 0.310 e. The standard InChI is InChI=1S/C43H48N2O6/c1-3-14-36(28-41(47)45-38(30-46)27-33-22-24-39(25-23-33)50-31-34-18-10-6-11-19-34)42(48)44-29-40(35-20-12-7-13-21-35)51-43(49)37(15-4-2)26-32-16-8-5-9-17-32/h3-13,16-25,36-38,40,46H,1-2,14-15,26-31H2,(H,44,48)(H,45,47)/t36-,37+,38-,40+/m0/s1. The molecule has 4 atom stereocenters. The first-order chi connectivity index (χ1) is 24.9. The van der Waals surface area contributed by atoms with Crippen molar-refractivity contribution in [3.05, 3.63) is 163 Å². The molecule has 4 aromatic carbocycles. The molecule has 51 heavy (non-hydrogen) atoms. The second kappa shape index (κ2) is 20.9. The number of aliphatic hydroxyl groups excluding tert-OH is 1. The Morgan fingerprint density at radius 1 is 0.706 bits per heavy atom. The molecule has 0 spiro atoms. The SMILES string of the molecule is C=CC[C@@H](CC(=O)N[C@H](CO)Cc1ccc(OCc2ccccc2)cc1)C(=O)NC[C@@H](OC(=O)[C@H](CC=C)Cc1ccccc1)c1ccccc1. The lowest BCUT2D eigenvalue weighted by Crippen LogP contribution is -2.42. The van der Waals surface area contributed by atoms with Gasteiger partial charge in [-0.05, 0) is 60.1 Å². The quantitative estimate of drug-likeness (QED) is 0.0663. The molecule has 0 aliphatic heterocycles. The van der Waals surface area contributed by atoms with Crippen LogP contribution < -0.4 is 15.4 Å². The molecule has 0 bridgehead atoms. The Labute approximate surface area is 301 Å². The molecule has 266 valence electrons. The van der Waals surface area contributed by atoms with Crippen LogP contribution >= 0.6 is 0 Å². The third-order valence-corrected chi connectivity index (χ3v) is 8.49. The molecule has 8 heteroatoms. The van der Waals surface area contributed by atoms with Gasteiger partial charge < -0.3 is 25.2 Å². The van der Waals surface area contributed by atoms with E-state index in [4.69, 9.17) is 9.47 Å². The van der Waals surface area contributed by atoms with Gasteiger partial charge in [-0.1, -0.05) is 115 Å². The highest BCUT2D eigenvalue weighted by Gasteiger charge is 2.27. The van der Waals surface area contributed by atoms with Crippen LogP contribution in [-0.2, 0) is 38.6 Å². The van der Waals surface area contributed by atoms with Crippen molar-refractivity contribution in [3.63, 3.8) is 0 Å². The van der Waals surface area contributed by atoms with E-state index in [9.17, 15) is 19.5 Å². The average molecular weight is 689 g/mol. The normalized spacial score (nSPS) is 13.1. The Bertz CT molecular complexity index is 1660. The van der Waals surface area contributed by atoms with E-state index < -0.39 is 24.0 Å². The first kappa shape index (κ1) is 38.3. The summed E-state index contributed by atoms with van der Waals surface area (Å²) in [6.45, 7) is 7.81. The molecule has 0 fully saturated rings. The Morgan fingerprint density at radius 2 is 1.27 bits per heavy atom. The maximum absolute atomic E-state index is 13.4. The average Bonchev–Trinajstić information content (AvgIpc) is 3.16. The highest BCUT2D eigenvalue weighted by atomic mass is 16.5. The van der Waals surface area contributed by atoms with Crippen LogP contribution in [0.4, 0.5) is 0 Å². The van der Waals surface area contributed by atoms with Crippen LogP contribution in [0.1, 0.15) is 47.6 Å². The van der Waals surface area contributed by atoms with E-state index in [1.807, 2.05) is 115 Å². The van der Waals surface area contributed by atoms with E-state index in [1.165, 1.54) is 0 Å². The summed E-state index contributed by atoms with van der Waals surface area (Å²) in [5.41, 5.74) is 3.74. The summed E-state index contributed by atoms with van der Waals surface area (Å²) in [4.78, 5) is 40.0. The minimum absolute atomic E-state index is 0.0281. The first-order valence-electron chi connectivity index (χ1n) is 17.3. The van der Waals surface area contributed by atoms with Gasteiger partial charge in [-0.3, -0.25) is 14.4 Å². The number of amides is 2. The zero-order chi connectivity index (χ0) is 36.3. The van der Waals surface area contributed by atoms with Gasteiger partial charge in [0.1, 0.15) is 18.5 Å². The third-order valence-electron chi connectivity index (χ3n) is 8.49. The third kappa shape index (κ3) is 13.1. The Hall–Kier alpha value is -5.47.